The first kappa shape index (κ1) is 11.8. The SMILES string of the molecule is Cc1cc(C)n(C2CN(Cc3ccc(Cl)o3)C2)n1. The van der Waals surface area contributed by atoms with Gasteiger partial charge in [0.15, 0.2) is 5.22 Å². The first-order chi connectivity index (χ1) is 8.61. The van der Waals surface area contributed by atoms with E-state index < -0.39 is 0 Å². The third-order valence-electron chi connectivity index (χ3n) is 3.34. The number of rotatable bonds is 3. The van der Waals surface area contributed by atoms with Crippen LogP contribution in [0.5, 0.6) is 0 Å². The lowest BCUT2D eigenvalue weighted by molar-refractivity contribution is 0.0820. The van der Waals surface area contributed by atoms with Gasteiger partial charge in [0.25, 0.3) is 0 Å². The van der Waals surface area contributed by atoms with Gasteiger partial charge in [-0.1, -0.05) is 0 Å². The highest BCUT2D eigenvalue weighted by molar-refractivity contribution is 6.28. The van der Waals surface area contributed by atoms with Crippen molar-refractivity contribution >= 4 is 11.6 Å². The average molecular weight is 266 g/mol. The van der Waals surface area contributed by atoms with Crippen LogP contribution in [0.1, 0.15) is 23.2 Å². The molecular weight excluding hydrogens is 250 g/mol. The van der Waals surface area contributed by atoms with Crippen molar-refractivity contribution in [1.29, 1.82) is 0 Å². The molecule has 1 aliphatic rings. The van der Waals surface area contributed by atoms with Gasteiger partial charge in [-0.25, -0.2) is 0 Å². The van der Waals surface area contributed by atoms with Crippen molar-refractivity contribution in [3.8, 4) is 0 Å². The molecule has 2 aromatic rings. The van der Waals surface area contributed by atoms with E-state index in [1.165, 1.54) is 5.69 Å². The second-order valence-corrected chi connectivity index (χ2v) is 5.30. The fraction of sp³-hybridized carbons (Fsp3) is 0.462. The molecule has 3 heterocycles. The van der Waals surface area contributed by atoms with Crippen LogP contribution in [0.25, 0.3) is 0 Å². The van der Waals surface area contributed by atoms with Crippen molar-refractivity contribution in [3.05, 3.63) is 40.6 Å². The van der Waals surface area contributed by atoms with E-state index in [1.54, 1.807) is 6.07 Å². The number of hydrogen-bond donors (Lipinski definition) is 0. The number of hydrogen-bond acceptors (Lipinski definition) is 3. The number of likely N-dealkylation sites (tertiary alicyclic amines) is 1. The average Bonchev–Trinajstić information content (AvgIpc) is 2.78. The Morgan fingerprint density at radius 3 is 2.72 bits per heavy atom. The molecule has 5 heteroatoms. The predicted molar refractivity (Wildman–Crippen MR) is 69.7 cm³/mol. The first-order valence-electron chi connectivity index (χ1n) is 6.11. The summed E-state index contributed by atoms with van der Waals surface area (Å²) in [5.41, 5.74) is 2.32. The van der Waals surface area contributed by atoms with Crippen LogP contribution in [-0.4, -0.2) is 27.8 Å². The summed E-state index contributed by atoms with van der Waals surface area (Å²) in [6.07, 6.45) is 0. The first-order valence-corrected chi connectivity index (χ1v) is 6.49. The van der Waals surface area contributed by atoms with Gasteiger partial charge < -0.3 is 4.42 Å². The highest BCUT2D eigenvalue weighted by atomic mass is 35.5. The molecule has 4 nitrogen and oxygen atoms in total. The molecule has 0 amide bonds. The molecule has 1 saturated heterocycles. The Morgan fingerprint density at radius 2 is 2.17 bits per heavy atom. The third kappa shape index (κ3) is 2.18. The fourth-order valence-electron chi connectivity index (χ4n) is 2.50. The summed E-state index contributed by atoms with van der Waals surface area (Å²) in [6, 6.07) is 6.33. The van der Waals surface area contributed by atoms with E-state index in [-0.39, 0.29) is 0 Å². The molecule has 0 aromatic carbocycles. The van der Waals surface area contributed by atoms with Gasteiger partial charge in [-0.2, -0.15) is 5.10 Å². The minimum Gasteiger partial charge on any atom is -0.448 e. The van der Waals surface area contributed by atoms with E-state index in [1.807, 2.05) is 13.0 Å². The summed E-state index contributed by atoms with van der Waals surface area (Å²) >= 11 is 5.75. The van der Waals surface area contributed by atoms with E-state index in [0.717, 1.165) is 31.1 Å². The van der Waals surface area contributed by atoms with E-state index >= 15 is 0 Å². The Labute approximate surface area is 111 Å². The Hall–Kier alpha value is -1.26. The van der Waals surface area contributed by atoms with Crippen LogP contribution >= 0.6 is 11.6 Å². The summed E-state index contributed by atoms with van der Waals surface area (Å²) < 4.78 is 7.49. The Bertz CT molecular complexity index is 554. The lowest BCUT2D eigenvalue weighted by atomic mass is 10.1. The molecule has 1 fully saturated rings. The third-order valence-corrected chi connectivity index (χ3v) is 3.54. The van der Waals surface area contributed by atoms with Gasteiger partial charge in [0.2, 0.25) is 0 Å². The van der Waals surface area contributed by atoms with E-state index in [4.69, 9.17) is 16.0 Å². The normalized spacial score (nSPS) is 17.1. The second kappa shape index (κ2) is 4.44. The molecular formula is C13H16ClN3O. The van der Waals surface area contributed by atoms with Crippen molar-refractivity contribution in [1.82, 2.24) is 14.7 Å². The van der Waals surface area contributed by atoms with Crippen LogP contribution in [-0.2, 0) is 6.54 Å². The molecule has 0 spiro atoms. The van der Waals surface area contributed by atoms with Crippen molar-refractivity contribution in [3.63, 3.8) is 0 Å². The molecule has 18 heavy (non-hydrogen) atoms. The standard InChI is InChI=1S/C13H16ClN3O/c1-9-5-10(2)17(15-9)11-6-16(7-11)8-12-3-4-13(14)18-12/h3-5,11H,6-8H2,1-2H3. The van der Waals surface area contributed by atoms with Crippen molar-refractivity contribution in [2.75, 3.05) is 13.1 Å². The lowest BCUT2D eigenvalue weighted by Crippen LogP contribution is -2.47. The second-order valence-electron chi connectivity index (χ2n) is 4.93. The lowest BCUT2D eigenvalue weighted by Gasteiger charge is -2.39. The monoisotopic (exact) mass is 265 g/mol. The maximum Gasteiger partial charge on any atom is 0.193 e. The number of aromatic nitrogens is 2. The Balaban J connectivity index is 1.59. The molecule has 2 aromatic heterocycles. The minimum absolute atomic E-state index is 0.459. The predicted octanol–water partition coefficient (Wildman–Crippen LogP) is 2.80. The van der Waals surface area contributed by atoms with Gasteiger partial charge in [0.1, 0.15) is 5.76 Å². The molecule has 0 radical (unpaired) electrons. The smallest absolute Gasteiger partial charge is 0.193 e. The topological polar surface area (TPSA) is 34.2 Å². The number of nitrogens with zero attached hydrogens (tertiary/aromatic N) is 3. The van der Waals surface area contributed by atoms with Gasteiger partial charge in [-0.05, 0) is 43.6 Å². The molecule has 96 valence electrons. The maximum absolute atomic E-state index is 5.75. The quantitative estimate of drug-likeness (QED) is 0.856. The fourth-order valence-corrected chi connectivity index (χ4v) is 2.66. The molecule has 0 saturated carbocycles. The van der Waals surface area contributed by atoms with Crippen LogP contribution in [0.4, 0.5) is 0 Å². The summed E-state index contributed by atoms with van der Waals surface area (Å²) in [7, 11) is 0. The Morgan fingerprint density at radius 1 is 1.39 bits per heavy atom. The zero-order valence-electron chi connectivity index (χ0n) is 10.6. The van der Waals surface area contributed by atoms with Crippen LogP contribution in [0.3, 0.4) is 0 Å². The van der Waals surface area contributed by atoms with Crippen LogP contribution in [0, 0.1) is 13.8 Å². The van der Waals surface area contributed by atoms with Gasteiger partial charge >= 0.3 is 0 Å². The van der Waals surface area contributed by atoms with E-state index in [2.05, 4.69) is 27.7 Å². The molecule has 3 rings (SSSR count). The summed E-state index contributed by atoms with van der Waals surface area (Å²) in [6.45, 7) is 6.99. The van der Waals surface area contributed by atoms with Gasteiger partial charge in [-0.15, -0.1) is 0 Å². The summed E-state index contributed by atoms with van der Waals surface area (Å²) in [4.78, 5) is 2.33. The zero-order chi connectivity index (χ0) is 12.7. The van der Waals surface area contributed by atoms with Crippen LogP contribution < -0.4 is 0 Å². The summed E-state index contributed by atoms with van der Waals surface area (Å²) in [5.74, 6) is 0.923. The van der Waals surface area contributed by atoms with Crippen molar-refractivity contribution in [2.45, 2.75) is 26.4 Å². The number of halogens is 1. The molecule has 0 unspecified atom stereocenters. The molecule has 0 atom stereocenters. The van der Waals surface area contributed by atoms with Gasteiger partial charge in [-0.3, -0.25) is 9.58 Å². The highest BCUT2D eigenvalue weighted by Crippen LogP contribution is 2.25. The number of furan rings is 1. The van der Waals surface area contributed by atoms with Crippen molar-refractivity contribution < 1.29 is 4.42 Å². The van der Waals surface area contributed by atoms with E-state index in [9.17, 15) is 0 Å². The van der Waals surface area contributed by atoms with Gasteiger partial charge in [0.05, 0.1) is 18.3 Å². The highest BCUT2D eigenvalue weighted by Gasteiger charge is 2.30. The van der Waals surface area contributed by atoms with E-state index in [0.29, 0.717) is 11.3 Å². The molecule has 0 aliphatic carbocycles. The zero-order valence-corrected chi connectivity index (χ0v) is 11.3. The molecule has 0 bridgehead atoms. The Kier molecular flexibility index (Phi) is 2.92. The largest absolute Gasteiger partial charge is 0.448 e. The van der Waals surface area contributed by atoms with Crippen LogP contribution in [0.15, 0.2) is 22.6 Å². The van der Waals surface area contributed by atoms with Crippen LogP contribution in [0.2, 0.25) is 5.22 Å². The van der Waals surface area contributed by atoms with Crippen molar-refractivity contribution in [2.24, 2.45) is 0 Å². The maximum atomic E-state index is 5.75. The minimum atomic E-state index is 0.459. The summed E-state index contributed by atoms with van der Waals surface area (Å²) in [5, 5.41) is 4.98. The number of aryl methyl sites for hydroxylation is 2. The molecule has 1 aliphatic heterocycles. The van der Waals surface area contributed by atoms with Gasteiger partial charge in [0, 0.05) is 18.8 Å². The molecule has 0 N–H and O–H groups in total.